The van der Waals surface area contributed by atoms with Crippen LogP contribution < -0.4 is 48.7 Å². The van der Waals surface area contributed by atoms with Gasteiger partial charge in [0.1, 0.15) is 48.3 Å². The fourth-order valence-electron chi connectivity index (χ4n) is 7.69. The third kappa shape index (κ3) is 16.0. The van der Waals surface area contributed by atoms with Gasteiger partial charge in [-0.25, -0.2) is 0 Å². The van der Waals surface area contributed by atoms with Crippen LogP contribution in [-0.4, -0.2) is 135 Å². The van der Waals surface area contributed by atoms with E-state index < -0.39 is 132 Å². The minimum absolute atomic E-state index is 0.0168. The first-order chi connectivity index (χ1) is 31.8. The van der Waals surface area contributed by atoms with Gasteiger partial charge < -0.3 is 63.7 Å². The number of carboxylic acids is 1. The van der Waals surface area contributed by atoms with E-state index in [2.05, 4.69) is 42.2 Å². The maximum Gasteiger partial charge on any atom is 0.303 e. The van der Waals surface area contributed by atoms with Crippen molar-refractivity contribution in [1.82, 2.24) is 47.1 Å². The highest BCUT2D eigenvalue weighted by atomic mass is 16.4. The number of nitrogens with two attached hydrogens (primary N) is 2. The summed E-state index contributed by atoms with van der Waals surface area (Å²) in [6, 6.07) is -3.03. The molecular weight excluding hydrogens is 883 g/mol. The molecule has 13 N–H and O–H groups in total. The Hall–Kier alpha value is -6.58. The van der Waals surface area contributed by atoms with Crippen molar-refractivity contribution < 1.29 is 53.1 Å². The third-order valence-electron chi connectivity index (χ3n) is 11.6. The van der Waals surface area contributed by atoms with E-state index in [1.807, 2.05) is 24.3 Å². The van der Waals surface area contributed by atoms with Crippen LogP contribution in [0.1, 0.15) is 100.0 Å². The van der Waals surface area contributed by atoms with Gasteiger partial charge in [-0.3, -0.25) is 47.9 Å². The lowest BCUT2D eigenvalue weighted by molar-refractivity contribution is -0.140. The van der Waals surface area contributed by atoms with Gasteiger partial charge in [0, 0.05) is 36.5 Å². The molecule has 9 amide bonds. The average molecular weight is 954 g/mol. The Kier molecular flexibility index (Phi) is 20.9. The number of carboxylic acid groups (broad SMARTS) is 1. The number of aliphatic carboxylic acids is 1. The molecule has 0 radical (unpaired) electrons. The second-order valence-corrected chi connectivity index (χ2v) is 18.6. The van der Waals surface area contributed by atoms with Crippen molar-refractivity contribution in [2.24, 2.45) is 29.2 Å². The predicted octanol–water partition coefficient (Wildman–Crippen LogP) is -0.810. The molecule has 1 fully saturated rings. The van der Waals surface area contributed by atoms with Crippen molar-refractivity contribution in [3.63, 3.8) is 0 Å². The van der Waals surface area contributed by atoms with Crippen LogP contribution in [0, 0.1) is 17.8 Å². The Morgan fingerprint density at radius 3 is 1.81 bits per heavy atom. The van der Waals surface area contributed by atoms with Gasteiger partial charge >= 0.3 is 5.97 Å². The van der Waals surface area contributed by atoms with E-state index in [0.29, 0.717) is 24.9 Å². The van der Waals surface area contributed by atoms with Crippen LogP contribution in [0.5, 0.6) is 0 Å². The van der Waals surface area contributed by atoms with Crippen molar-refractivity contribution in [3.05, 3.63) is 36.0 Å². The van der Waals surface area contributed by atoms with Crippen LogP contribution >= 0.6 is 0 Å². The number of hydrogen-bond donors (Lipinski definition) is 11. The van der Waals surface area contributed by atoms with Gasteiger partial charge in [0.25, 0.3) is 0 Å². The number of para-hydroxylation sites is 1. The minimum Gasteiger partial charge on any atom is -0.481 e. The first-order valence-corrected chi connectivity index (χ1v) is 23.1. The summed E-state index contributed by atoms with van der Waals surface area (Å²) in [5.41, 5.74) is 12.6. The lowest BCUT2D eigenvalue weighted by atomic mass is 9.98. The number of nitrogens with one attached hydrogen (secondary N) is 8. The van der Waals surface area contributed by atoms with Gasteiger partial charge in [-0.2, -0.15) is 0 Å². The zero-order valence-corrected chi connectivity index (χ0v) is 40.4. The van der Waals surface area contributed by atoms with Crippen molar-refractivity contribution in [2.45, 2.75) is 155 Å². The summed E-state index contributed by atoms with van der Waals surface area (Å²) < 4.78 is 0. The summed E-state index contributed by atoms with van der Waals surface area (Å²) in [5, 5.41) is 28.5. The van der Waals surface area contributed by atoms with Crippen LogP contribution in [0.25, 0.3) is 10.9 Å². The van der Waals surface area contributed by atoms with Crippen molar-refractivity contribution in [1.29, 1.82) is 0 Å². The van der Waals surface area contributed by atoms with E-state index in [9.17, 15) is 53.1 Å². The van der Waals surface area contributed by atoms with Crippen molar-refractivity contribution in [2.75, 3.05) is 6.54 Å². The maximum atomic E-state index is 14.0. The summed E-state index contributed by atoms with van der Waals surface area (Å²) in [7, 11) is 0. The van der Waals surface area contributed by atoms with E-state index in [0.717, 1.165) is 10.9 Å². The normalized spacial score (nSPS) is 17.2. The summed E-state index contributed by atoms with van der Waals surface area (Å²) in [6.45, 7) is 14.7. The highest BCUT2D eigenvalue weighted by Gasteiger charge is 2.38. The molecule has 1 saturated heterocycles. The molecule has 0 bridgehead atoms. The number of fused-ring (bicyclic) bond motifs is 1. The van der Waals surface area contributed by atoms with Gasteiger partial charge in [0.2, 0.25) is 53.2 Å². The Morgan fingerprint density at radius 1 is 0.691 bits per heavy atom. The lowest BCUT2D eigenvalue weighted by Crippen LogP contribution is -2.61. The Labute approximate surface area is 396 Å². The lowest BCUT2D eigenvalue weighted by Gasteiger charge is -2.29. The molecule has 9 atom stereocenters. The Balaban J connectivity index is 1.79. The number of benzene rings is 1. The maximum absolute atomic E-state index is 14.0. The van der Waals surface area contributed by atoms with Crippen LogP contribution in [0.15, 0.2) is 30.5 Å². The number of carbonyl (C=O) groups is 10. The monoisotopic (exact) mass is 954 g/mol. The SMILES string of the molecule is CC(C)C[C@H](NC(=O)[C@@H](NC(=O)[C@H](C)NC(=O)[C@H](Cc1c[nH]c2ccccc12)NC(=O)[C@@H]1CCCN1C(=O)[C@H](C)N)C(C)C)C(=O)N[C@@H](CCC(=O)O)C(=O)N[C@H](C(=O)N[C@@H](C)C(N)=O)C(C)C. The molecule has 68 heavy (non-hydrogen) atoms. The second-order valence-electron chi connectivity index (χ2n) is 18.6. The van der Waals surface area contributed by atoms with Gasteiger partial charge in [-0.05, 0) is 75.8 Å². The zero-order valence-electron chi connectivity index (χ0n) is 40.4. The number of nitrogens with zero attached hydrogens (tertiary/aromatic N) is 1. The largest absolute Gasteiger partial charge is 0.481 e. The summed E-state index contributed by atoms with van der Waals surface area (Å²) in [6.07, 6.45) is 1.79. The Bertz CT molecular complexity index is 2160. The number of hydrogen-bond acceptors (Lipinski definition) is 11. The quantitative estimate of drug-likeness (QED) is 0.0583. The van der Waals surface area contributed by atoms with E-state index in [1.54, 1.807) is 47.7 Å². The molecule has 2 aromatic rings. The molecule has 22 heteroatoms. The van der Waals surface area contributed by atoms with Crippen molar-refractivity contribution >= 4 is 70.0 Å². The van der Waals surface area contributed by atoms with Crippen LogP contribution in [-0.2, 0) is 54.4 Å². The number of primary amides is 1. The fourth-order valence-corrected chi connectivity index (χ4v) is 7.69. The molecule has 0 aliphatic carbocycles. The van der Waals surface area contributed by atoms with Gasteiger partial charge in [-0.15, -0.1) is 0 Å². The second kappa shape index (κ2) is 25.5. The standard InChI is InChI=1S/C46H71N11O11/c1-22(2)19-32(42(64)52-31(16-17-35(58)59)40(62)56-36(23(3)4)44(66)50-26(8)38(48)60)54-45(67)37(24(5)6)55-39(61)27(9)51-41(63)33(20-28-21-49-30-14-11-10-13-29(28)30)53-43(65)34-15-12-18-57(34)46(68)25(7)47/h10-11,13-14,21-27,31-34,36-37,49H,12,15-20,47H2,1-9H3,(H2,48,60)(H,50,66)(H,51,63)(H,52,64)(H,53,65)(H,54,67)(H,55,61)(H,56,62)(H,58,59)/t25-,26-,27-,31-,32-,33-,34-,36-,37-/m0/s1. The van der Waals surface area contributed by atoms with E-state index in [-0.39, 0.29) is 25.2 Å². The number of amides is 9. The molecule has 3 rings (SSSR count). The molecule has 0 saturated carbocycles. The van der Waals surface area contributed by atoms with Crippen LogP contribution in [0.2, 0.25) is 0 Å². The highest BCUT2D eigenvalue weighted by Crippen LogP contribution is 2.22. The van der Waals surface area contributed by atoms with Crippen molar-refractivity contribution in [3.8, 4) is 0 Å². The smallest absolute Gasteiger partial charge is 0.303 e. The molecule has 1 aromatic heterocycles. The number of likely N-dealkylation sites (tertiary alicyclic amines) is 1. The minimum atomic E-state index is -1.48. The number of rotatable bonds is 25. The molecular formula is C46H71N11O11. The van der Waals surface area contributed by atoms with Gasteiger partial charge in [0.05, 0.1) is 6.04 Å². The molecule has 376 valence electrons. The first-order valence-electron chi connectivity index (χ1n) is 23.1. The van der Waals surface area contributed by atoms with E-state index >= 15 is 0 Å². The molecule has 0 unspecified atom stereocenters. The van der Waals surface area contributed by atoms with E-state index in [1.165, 1.54) is 25.7 Å². The number of aromatic nitrogens is 1. The number of H-pyrrole nitrogens is 1. The Morgan fingerprint density at radius 2 is 1.24 bits per heavy atom. The molecule has 22 nitrogen and oxygen atoms in total. The summed E-state index contributed by atoms with van der Waals surface area (Å²) in [5.74, 6) is -9.01. The third-order valence-corrected chi connectivity index (χ3v) is 11.6. The molecule has 0 spiro atoms. The zero-order chi connectivity index (χ0) is 51.2. The van der Waals surface area contributed by atoms with E-state index in [4.69, 9.17) is 11.5 Å². The molecule has 1 aromatic carbocycles. The van der Waals surface area contributed by atoms with Crippen LogP contribution in [0.3, 0.4) is 0 Å². The van der Waals surface area contributed by atoms with Gasteiger partial charge in [-0.1, -0.05) is 59.7 Å². The fraction of sp³-hybridized carbons (Fsp3) is 0.609. The van der Waals surface area contributed by atoms with Gasteiger partial charge in [0.15, 0.2) is 0 Å². The number of carbonyl (C=O) groups excluding carboxylic acids is 9. The summed E-state index contributed by atoms with van der Waals surface area (Å²) >= 11 is 0. The summed E-state index contributed by atoms with van der Waals surface area (Å²) in [4.78, 5) is 137. The topological polar surface area (TPSA) is 346 Å². The average Bonchev–Trinajstić information content (AvgIpc) is 3.92. The first kappa shape index (κ1) is 55.7. The molecule has 1 aliphatic rings. The predicted molar refractivity (Wildman–Crippen MR) is 250 cm³/mol. The van der Waals surface area contributed by atoms with Crippen LogP contribution in [0.4, 0.5) is 0 Å². The molecule has 2 heterocycles. The highest BCUT2D eigenvalue weighted by molar-refractivity contribution is 5.98. The number of aromatic amines is 1. The molecule has 1 aliphatic heterocycles.